The first-order valence-corrected chi connectivity index (χ1v) is 38.2. The second-order valence-electron chi connectivity index (χ2n) is 30.0. The molecule has 0 bridgehead atoms. The zero-order valence-corrected chi connectivity index (χ0v) is 64.0. The number of rotatable bonds is 25. The molecule has 568 valence electrons. The number of phenolic OH excluding ortho intramolecular Hbond substituents is 4. The summed E-state index contributed by atoms with van der Waals surface area (Å²) in [7, 11) is 0. The molecule has 14 rings (SSSR count). The third-order valence-corrected chi connectivity index (χ3v) is 19.6. The molecule has 0 spiro atoms. The zero-order chi connectivity index (χ0) is 77.4. The summed E-state index contributed by atoms with van der Waals surface area (Å²) in [5.41, 5.74) is 14.7. The van der Waals surface area contributed by atoms with E-state index in [4.69, 9.17) is 4.74 Å². The molecule has 5 heterocycles. The Morgan fingerprint density at radius 3 is 1.25 bits per heavy atom. The predicted octanol–water partition coefficient (Wildman–Crippen LogP) is 17.7. The number of unbranched alkanes of at least 4 members (excludes halogenated alkanes) is 10. The number of esters is 1. The molecule has 12 aromatic rings. The number of benzene rings is 8. The van der Waals surface area contributed by atoms with E-state index in [1.165, 1.54) is 75.5 Å². The fraction of sp³-hybridized carbons (Fsp3) is 0.368. The maximum Gasteiger partial charge on any atom is 0.306 e. The third-order valence-electron chi connectivity index (χ3n) is 19.6. The Hall–Kier alpha value is -11.4. The highest BCUT2D eigenvalue weighted by Gasteiger charge is 2.39. The van der Waals surface area contributed by atoms with Crippen molar-refractivity contribution in [1.82, 2.24) is 64.9 Å². The van der Waals surface area contributed by atoms with Crippen LogP contribution in [0.3, 0.4) is 0 Å². The average Bonchev–Trinajstić information content (AvgIpc) is 1.72. The number of fused-ring (bicyclic) bond motifs is 4. The SMILES string of the molecule is C=Cc1ccc(O)c(-n2nc3ccccc3n2)c1.CC(C)(C)c1cc(CO)cc(-n2nc3ccccc3n2)c1O.CCCCCCCCOC(=O)CCc1cc(-n2nc3ccccc3n2)c(O)c(C(C)(C)C)c1.CCCCCCCCc1cc(CN2C(=O)C3=C(CCCC3)C2=O)c(O)c(-n2nc3ccccc3n2)c1. The number of nitrogens with zero attached hydrogens (tertiary/aromatic N) is 13. The van der Waals surface area contributed by atoms with Crippen molar-refractivity contribution in [2.24, 2.45) is 0 Å². The van der Waals surface area contributed by atoms with Gasteiger partial charge in [-0.1, -0.05) is 199 Å². The molecule has 0 saturated heterocycles. The number of aliphatic hydroxyl groups excluding tert-OH is 1. The molecule has 0 radical (unpaired) electrons. The van der Waals surface area contributed by atoms with Crippen LogP contribution in [0.5, 0.6) is 23.0 Å². The number of ether oxygens (including phenoxy) is 1. The van der Waals surface area contributed by atoms with E-state index >= 15 is 0 Å². The van der Waals surface area contributed by atoms with Gasteiger partial charge in [0, 0.05) is 34.3 Å². The lowest BCUT2D eigenvalue weighted by molar-refractivity contribution is -0.144. The van der Waals surface area contributed by atoms with Crippen molar-refractivity contribution in [2.75, 3.05) is 6.61 Å². The van der Waals surface area contributed by atoms with Gasteiger partial charge in [0.15, 0.2) is 0 Å². The summed E-state index contributed by atoms with van der Waals surface area (Å²) >= 11 is 0. The van der Waals surface area contributed by atoms with Gasteiger partial charge in [0.25, 0.3) is 11.8 Å². The van der Waals surface area contributed by atoms with Crippen LogP contribution < -0.4 is 0 Å². The Morgan fingerprint density at radius 2 is 0.835 bits per heavy atom. The number of aryl methyl sites for hydroxylation is 2. The van der Waals surface area contributed by atoms with Crippen molar-refractivity contribution in [2.45, 2.75) is 201 Å². The molecule has 0 saturated carbocycles. The van der Waals surface area contributed by atoms with Gasteiger partial charge in [-0.05, 0) is 169 Å². The molecule has 4 aromatic heterocycles. The van der Waals surface area contributed by atoms with E-state index in [1.807, 2.05) is 148 Å². The molecule has 2 aliphatic rings. The number of amides is 2. The average molecular weight is 1470 g/mol. The predicted molar refractivity (Wildman–Crippen MR) is 426 cm³/mol. The van der Waals surface area contributed by atoms with E-state index in [2.05, 4.69) is 82.0 Å². The molecular formula is C87H101N13O9. The Morgan fingerprint density at radius 1 is 0.459 bits per heavy atom. The first-order valence-electron chi connectivity index (χ1n) is 38.2. The summed E-state index contributed by atoms with van der Waals surface area (Å²) in [6.07, 6.45) is 20.7. The highest BCUT2D eigenvalue weighted by molar-refractivity contribution is 6.19. The van der Waals surface area contributed by atoms with Gasteiger partial charge in [0.05, 0.1) is 19.8 Å². The van der Waals surface area contributed by atoms with Crippen LogP contribution in [0.4, 0.5) is 0 Å². The Labute approximate surface area is 636 Å². The number of imide groups is 1. The fourth-order valence-corrected chi connectivity index (χ4v) is 13.5. The van der Waals surface area contributed by atoms with Gasteiger partial charge in [0.1, 0.15) is 89.9 Å². The van der Waals surface area contributed by atoms with Gasteiger partial charge in [-0.2, -0.15) is 0 Å². The van der Waals surface area contributed by atoms with E-state index in [-0.39, 0.29) is 64.8 Å². The second kappa shape index (κ2) is 36.0. The van der Waals surface area contributed by atoms with Crippen LogP contribution in [0, 0.1) is 0 Å². The monoisotopic (exact) mass is 1470 g/mol. The molecule has 1 aliphatic heterocycles. The number of aromatic nitrogens is 12. The van der Waals surface area contributed by atoms with Gasteiger partial charge in [0.2, 0.25) is 0 Å². The quantitative estimate of drug-likeness (QED) is 0.0202. The number of carbonyl (C=O) groups excluding carboxylic acids is 3. The summed E-state index contributed by atoms with van der Waals surface area (Å²) in [5, 5.41) is 88.0. The van der Waals surface area contributed by atoms with Crippen LogP contribution >= 0.6 is 0 Å². The summed E-state index contributed by atoms with van der Waals surface area (Å²) in [4.78, 5) is 45.5. The van der Waals surface area contributed by atoms with Crippen molar-refractivity contribution in [3.63, 3.8) is 0 Å². The zero-order valence-electron chi connectivity index (χ0n) is 64.0. The Kier molecular flexibility index (Phi) is 26.0. The van der Waals surface area contributed by atoms with Gasteiger partial charge < -0.3 is 30.3 Å². The van der Waals surface area contributed by atoms with Gasteiger partial charge in [-0.15, -0.1) is 60.0 Å². The molecular weight excluding hydrogens is 1370 g/mol. The minimum absolute atomic E-state index is 0.00692. The summed E-state index contributed by atoms with van der Waals surface area (Å²) in [6.45, 7) is 20.8. The van der Waals surface area contributed by atoms with Crippen LogP contribution in [0.15, 0.2) is 169 Å². The summed E-state index contributed by atoms with van der Waals surface area (Å²) in [5.74, 6) is -0.145. The van der Waals surface area contributed by atoms with Crippen molar-refractivity contribution in [3.05, 3.63) is 208 Å². The molecule has 0 unspecified atom stereocenters. The molecule has 5 N–H and O–H groups in total. The van der Waals surface area contributed by atoms with Crippen molar-refractivity contribution >= 4 is 68.0 Å². The van der Waals surface area contributed by atoms with Crippen LogP contribution in [0.1, 0.15) is 203 Å². The first kappa shape index (κ1) is 78.7. The standard InChI is InChI=1S/C29H34N4O3.C27H37N3O3.C17H19N3O2.C14H11N3O/c1-2-3-4-5-6-7-12-20-17-21(19-32-28(35)22-13-8-9-14-23(22)29(32)36)27(34)26(18-20)33-30-24-15-10-11-16-25(24)31-33;1-5-6-7-8-9-12-17-33-25(31)16-15-20-18-21(27(2,3)4)26(32)24(19-20)30-28-22-13-10-11-14-23(22)29-30;1-17(2,3)12-8-11(10-21)9-15(16(12)22)20-18-13-6-4-5-7-14(13)19-20;1-2-10-7-8-14(18)13(9-10)17-15-11-5-3-4-6-12(11)16-17/h10-11,15-18,34H,2-9,12-14,19H2,1H3;10-11,13-14,18-19,32H,5-9,12,15-17H2,1-4H3;4-9,21-22H,10H2,1-3H3;2-9,18H,1H2. The molecule has 0 fully saturated rings. The van der Waals surface area contributed by atoms with E-state index in [1.54, 1.807) is 30.3 Å². The maximum absolute atomic E-state index is 13.1. The molecule has 8 aromatic carbocycles. The normalized spacial score (nSPS) is 13.0. The number of carbonyl (C=O) groups is 3. The Bertz CT molecular complexity index is 5070. The summed E-state index contributed by atoms with van der Waals surface area (Å²) in [6, 6.07) is 46.7. The number of aromatic hydroxyl groups is 4. The van der Waals surface area contributed by atoms with E-state index in [9.17, 15) is 39.9 Å². The van der Waals surface area contributed by atoms with E-state index < -0.39 is 0 Å². The molecule has 22 nitrogen and oxygen atoms in total. The molecule has 2 amide bonds. The van der Waals surface area contributed by atoms with E-state index in [0.29, 0.717) is 71.7 Å². The minimum Gasteiger partial charge on any atom is -0.506 e. The van der Waals surface area contributed by atoms with Gasteiger partial charge in [-0.25, -0.2) is 0 Å². The first-order chi connectivity index (χ1) is 52.5. The number of phenols is 4. The van der Waals surface area contributed by atoms with Crippen LogP contribution in [-0.2, 0) is 55.9 Å². The minimum atomic E-state index is -0.278. The third kappa shape index (κ3) is 19.5. The van der Waals surface area contributed by atoms with Gasteiger partial charge in [-0.3, -0.25) is 19.3 Å². The van der Waals surface area contributed by atoms with Crippen molar-refractivity contribution < 1.29 is 44.7 Å². The molecule has 109 heavy (non-hydrogen) atoms. The lowest BCUT2D eigenvalue weighted by Gasteiger charge is -2.23. The van der Waals surface area contributed by atoms with Crippen LogP contribution in [0.2, 0.25) is 0 Å². The molecule has 1 aliphatic carbocycles. The highest BCUT2D eigenvalue weighted by Crippen LogP contribution is 2.40. The fourth-order valence-electron chi connectivity index (χ4n) is 13.5. The van der Waals surface area contributed by atoms with Crippen molar-refractivity contribution in [1.29, 1.82) is 0 Å². The highest BCUT2D eigenvalue weighted by atomic mass is 16.5. The Balaban J connectivity index is 0.000000149. The van der Waals surface area contributed by atoms with Crippen LogP contribution in [0.25, 0.3) is 73.0 Å². The number of aliphatic hydroxyl groups is 1. The second-order valence-corrected chi connectivity index (χ2v) is 30.0. The van der Waals surface area contributed by atoms with E-state index in [0.717, 1.165) is 122 Å². The number of hydrogen-bond donors (Lipinski definition) is 5. The largest absolute Gasteiger partial charge is 0.506 e. The van der Waals surface area contributed by atoms with Crippen LogP contribution in [-0.4, -0.2) is 115 Å². The summed E-state index contributed by atoms with van der Waals surface area (Å²) < 4.78 is 5.43. The smallest absolute Gasteiger partial charge is 0.306 e. The maximum atomic E-state index is 13.1. The lowest BCUT2D eigenvalue weighted by atomic mass is 9.84. The molecule has 22 heteroatoms. The molecule has 0 atom stereocenters. The topological polar surface area (TPSA) is 288 Å². The number of hydrogen-bond acceptors (Lipinski definition) is 17. The van der Waals surface area contributed by atoms with Crippen molar-refractivity contribution in [3.8, 4) is 45.7 Å². The lowest BCUT2D eigenvalue weighted by Crippen LogP contribution is -2.31. The van der Waals surface area contributed by atoms with Gasteiger partial charge >= 0.3 is 5.97 Å².